The number of benzene rings is 3. The fourth-order valence-corrected chi connectivity index (χ4v) is 3.49. The molecule has 0 aromatic heterocycles. The molecule has 0 saturated heterocycles. The van der Waals surface area contributed by atoms with Crippen molar-refractivity contribution in [3.8, 4) is 22.6 Å². The van der Waals surface area contributed by atoms with Crippen LogP contribution < -0.4 is 8.92 Å². The molecule has 29 heavy (non-hydrogen) atoms. The molecule has 7 heteroatoms. The number of ether oxygens (including phenoxy) is 1. The van der Waals surface area contributed by atoms with Crippen molar-refractivity contribution in [2.24, 2.45) is 0 Å². The molecule has 0 fully saturated rings. The van der Waals surface area contributed by atoms with Crippen molar-refractivity contribution in [1.82, 2.24) is 0 Å². The van der Waals surface area contributed by atoms with Gasteiger partial charge < -0.3 is 8.92 Å². The zero-order valence-corrected chi connectivity index (χ0v) is 18.6. The second-order valence-corrected chi connectivity index (χ2v) is 8.90. The maximum atomic E-state index is 13.1. The van der Waals surface area contributed by atoms with Crippen molar-refractivity contribution in [1.29, 1.82) is 0 Å². The zero-order chi connectivity index (χ0) is 20.9. The average Bonchev–Trinajstić information content (AvgIpc) is 2.71. The van der Waals surface area contributed by atoms with Gasteiger partial charge in [0.1, 0.15) is 11.5 Å². The normalized spacial score (nSPS) is 11.1. The van der Waals surface area contributed by atoms with E-state index in [1.54, 1.807) is 54.6 Å². The SMILES string of the molecule is CS(=O)(=O)Oc1ccc(-c2ccccc2C(=O)c2ccc(OCCI)cc2)cc1. The van der Waals surface area contributed by atoms with Gasteiger partial charge in [-0.1, -0.05) is 59.0 Å². The molecule has 0 heterocycles. The van der Waals surface area contributed by atoms with E-state index in [9.17, 15) is 13.2 Å². The summed E-state index contributed by atoms with van der Waals surface area (Å²) in [4.78, 5) is 13.1. The number of carbonyl (C=O) groups excluding carboxylic acids is 1. The van der Waals surface area contributed by atoms with Crippen molar-refractivity contribution in [3.63, 3.8) is 0 Å². The molecule has 0 aliphatic carbocycles. The molecule has 150 valence electrons. The predicted octanol–water partition coefficient (Wildman–Crippen LogP) is 4.74. The van der Waals surface area contributed by atoms with Crippen molar-refractivity contribution < 1.29 is 22.1 Å². The molecular formula is C22H19IO5S. The van der Waals surface area contributed by atoms with E-state index in [2.05, 4.69) is 22.6 Å². The summed E-state index contributed by atoms with van der Waals surface area (Å²) < 4.78 is 33.8. The van der Waals surface area contributed by atoms with Crippen LogP contribution in [0, 0.1) is 0 Å². The summed E-state index contributed by atoms with van der Waals surface area (Å²) in [6.45, 7) is 0.621. The summed E-state index contributed by atoms with van der Waals surface area (Å²) in [6, 6.07) is 21.0. The number of hydrogen-bond acceptors (Lipinski definition) is 5. The van der Waals surface area contributed by atoms with Crippen molar-refractivity contribution in [3.05, 3.63) is 83.9 Å². The van der Waals surface area contributed by atoms with Crippen molar-refractivity contribution in [2.45, 2.75) is 0 Å². The number of carbonyl (C=O) groups is 1. The molecule has 0 bridgehead atoms. The van der Waals surface area contributed by atoms with Gasteiger partial charge in [0.05, 0.1) is 12.9 Å². The van der Waals surface area contributed by atoms with Gasteiger partial charge in [-0.3, -0.25) is 4.79 Å². The highest BCUT2D eigenvalue weighted by atomic mass is 127. The lowest BCUT2D eigenvalue weighted by atomic mass is 9.94. The molecule has 0 unspecified atom stereocenters. The lowest BCUT2D eigenvalue weighted by Crippen LogP contribution is -2.06. The minimum atomic E-state index is -3.59. The topological polar surface area (TPSA) is 69.7 Å². The Balaban J connectivity index is 1.87. The molecule has 0 spiro atoms. The van der Waals surface area contributed by atoms with Crippen LogP contribution in [0.5, 0.6) is 11.5 Å². The minimum absolute atomic E-state index is 0.0995. The summed E-state index contributed by atoms with van der Waals surface area (Å²) in [5.41, 5.74) is 2.67. The number of alkyl halides is 1. The molecule has 3 aromatic carbocycles. The van der Waals surface area contributed by atoms with Gasteiger partial charge in [-0.25, -0.2) is 0 Å². The van der Waals surface area contributed by atoms with Gasteiger partial charge in [0.25, 0.3) is 0 Å². The average molecular weight is 522 g/mol. The van der Waals surface area contributed by atoms with Gasteiger partial charge in [-0.05, 0) is 47.5 Å². The van der Waals surface area contributed by atoms with Crippen LogP contribution in [0.4, 0.5) is 0 Å². The number of rotatable bonds is 8. The third kappa shape index (κ3) is 5.80. The highest BCUT2D eigenvalue weighted by Crippen LogP contribution is 2.28. The predicted molar refractivity (Wildman–Crippen MR) is 122 cm³/mol. The third-order valence-corrected chi connectivity index (χ3v) is 4.98. The molecule has 0 amide bonds. The first-order valence-electron chi connectivity index (χ1n) is 8.80. The molecular weight excluding hydrogens is 503 g/mol. The van der Waals surface area contributed by atoms with Crippen molar-refractivity contribution in [2.75, 3.05) is 17.3 Å². The molecule has 0 aliphatic heterocycles. The molecule has 0 atom stereocenters. The standard InChI is InChI=1S/C22H19IO5S/c1-29(25,26)28-19-12-6-16(7-13-19)20-4-2-3-5-21(20)22(24)17-8-10-18(11-9-17)27-15-14-23/h2-13H,14-15H2,1H3. The van der Waals surface area contributed by atoms with Gasteiger partial charge in [0.15, 0.2) is 5.78 Å². The number of halogens is 1. The summed E-state index contributed by atoms with van der Waals surface area (Å²) in [5, 5.41) is 0. The van der Waals surface area contributed by atoms with Crippen LogP contribution in [0.15, 0.2) is 72.8 Å². The first-order chi connectivity index (χ1) is 13.9. The van der Waals surface area contributed by atoms with E-state index in [0.29, 0.717) is 17.7 Å². The van der Waals surface area contributed by atoms with E-state index < -0.39 is 10.1 Å². The Morgan fingerprint density at radius 1 is 0.897 bits per heavy atom. The van der Waals surface area contributed by atoms with E-state index in [-0.39, 0.29) is 11.5 Å². The van der Waals surface area contributed by atoms with Gasteiger partial charge in [0.2, 0.25) is 0 Å². The minimum Gasteiger partial charge on any atom is -0.493 e. The van der Waals surface area contributed by atoms with Crippen LogP contribution in [0.1, 0.15) is 15.9 Å². The largest absolute Gasteiger partial charge is 0.493 e. The van der Waals surface area contributed by atoms with Crippen LogP contribution in [0.25, 0.3) is 11.1 Å². The van der Waals surface area contributed by atoms with Gasteiger partial charge in [0, 0.05) is 15.6 Å². The van der Waals surface area contributed by atoms with Gasteiger partial charge >= 0.3 is 10.1 Å². The van der Waals surface area contributed by atoms with E-state index >= 15 is 0 Å². The molecule has 5 nitrogen and oxygen atoms in total. The molecule has 3 aromatic rings. The fraction of sp³-hybridized carbons (Fsp3) is 0.136. The van der Waals surface area contributed by atoms with Crippen molar-refractivity contribution >= 4 is 38.5 Å². The van der Waals surface area contributed by atoms with Gasteiger partial charge in [-0.2, -0.15) is 8.42 Å². The Morgan fingerprint density at radius 2 is 1.52 bits per heavy atom. The maximum absolute atomic E-state index is 13.1. The van der Waals surface area contributed by atoms with E-state index in [1.807, 2.05) is 18.2 Å². The lowest BCUT2D eigenvalue weighted by molar-refractivity contribution is 0.103. The summed E-state index contributed by atoms with van der Waals surface area (Å²) in [5.74, 6) is 0.854. The zero-order valence-electron chi connectivity index (χ0n) is 15.7. The molecule has 0 N–H and O–H groups in total. The first-order valence-corrected chi connectivity index (χ1v) is 12.1. The van der Waals surface area contributed by atoms with E-state index in [4.69, 9.17) is 8.92 Å². The van der Waals surface area contributed by atoms with Crippen LogP contribution in [-0.2, 0) is 10.1 Å². The van der Waals surface area contributed by atoms with E-state index in [0.717, 1.165) is 27.6 Å². The smallest absolute Gasteiger partial charge is 0.306 e. The Bertz CT molecular complexity index is 1090. The fourth-order valence-electron chi connectivity index (χ4n) is 2.81. The highest BCUT2D eigenvalue weighted by Gasteiger charge is 2.15. The second-order valence-electron chi connectivity index (χ2n) is 6.25. The maximum Gasteiger partial charge on any atom is 0.306 e. The Kier molecular flexibility index (Phi) is 6.92. The molecule has 0 radical (unpaired) electrons. The molecule has 0 aliphatic rings. The van der Waals surface area contributed by atoms with Crippen LogP contribution in [-0.4, -0.2) is 31.5 Å². The van der Waals surface area contributed by atoms with Crippen LogP contribution >= 0.6 is 22.6 Å². The third-order valence-electron chi connectivity index (χ3n) is 4.05. The second kappa shape index (κ2) is 9.41. The van der Waals surface area contributed by atoms with Gasteiger partial charge in [-0.15, -0.1) is 0 Å². The Labute approximate surface area is 183 Å². The first kappa shape index (κ1) is 21.3. The monoisotopic (exact) mass is 522 g/mol. The summed E-state index contributed by atoms with van der Waals surface area (Å²) in [7, 11) is -3.59. The van der Waals surface area contributed by atoms with E-state index in [1.165, 1.54) is 0 Å². The quantitative estimate of drug-likeness (QED) is 0.185. The molecule has 3 rings (SSSR count). The van der Waals surface area contributed by atoms with Crippen LogP contribution in [0.3, 0.4) is 0 Å². The Hall–Kier alpha value is -2.39. The summed E-state index contributed by atoms with van der Waals surface area (Å²) in [6.07, 6.45) is 0.993. The molecule has 0 saturated carbocycles. The number of hydrogen-bond donors (Lipinski definition) is 0. The summed E-state index contributed by atoms with van der Waals surface area (Å²) >= 11 is 2.24. The Morgan fingerprint density at radius 3 is 2.14 bits per heavy atom. The highest BCUT2D eigenvalue weighted by molar-refractivity contribution is 14.1. The lowest BCUT2D eigenvalue weighted by Gasteiger charge is -2.11. The number of ketones is 1. The van der Waals surface area contributed by atoms with Crippen LogP contribution in [0.2, 0.25) is 0 Å².